The van der Waals surface area contributed by atoms with Gasteiger partial charge in [-0.05, 0) is 30.5 Å². The molecular weight excluding hydrogens is 376 g/mol. The third-order valence-corrected chi connectivity index (χ3v) is 5.45. The highest BCUT2D eigenvalue weighted by Crippen LogP contribution is 2.40. The van der Waals surface area contributed by atoms with E-state index in [1.165, 1.54) is 0 Å². The molecule has 2 aromatic rings. The lowest BCUT2D eigenvalue weighted by Crippen LogP contribution is -2.39. The quantitative estimate of drug-likeness (QED) is 0.786. The summed E-state index contributed by atoms with van der Waals surface area (Å²) in [6.07, 6.45) is 1.89. The Bertz CT molecular complexity index is 785. The van der Waals surface area contributed by atoms with Gasteiger partial charge in [0.2, 0.25) is 5.91 Å². The zero-order valence-corrected chi connectivity index (χ0v) is 17.4. The number of likely N-dealkylation sites (tertiary alicyclic amines) is 1. The first kappa shape index (κ1) is 22.1. The molecule has 0 bridgehead atoms. The number of ether oxygens (including phenoxy) is 2. The molecule has 5 nitrogen and oxygen atoms in total. The van der Waals surface area contributed by atoms with E-state index in [-0.39, 0.29) is 36.3 Å². The standard InChI is InChI=1S/C22H28N2O3.ClH/c1-15(21(23)16-8-5-4-6-9-16)22(25)24-13-7-10-19(24)18-12-11-17(26-2)14-20(18)27-3;/h4-6,8-9,11-12,14-15,19,21H,7,10,13,23H2,1-3H3;1H. The molecular formula is C22H29ClN2O3. The van der Waals surface area contributed by atoms with E-state index in [1.54, 1.807) is 14.2 Å². The molecule has 3 unspecified atom stereocenters. The Kier molecular flexibility index (Phi) is 7.72. The summed E-state index contributed by atoms with van der Waals surface area (Å²) in [6, 6.07) is 15.3. The smallest absolute Gasteiger partial charge is 0.227 e. The molecule has 152 valence electrons. The number of carbonyl (C=O) groups is 1. The first-order valence-electron chi connectivity index (χ1n) is 9.39. The lowest BCUT2D eigenvalue weighted by molar-refractivity contribution is -0.136. The molecule has 1 amide bonds. The number of halogens is 1. The van der Waals surface area contributed by atoms with Crippen LogP contribution < -0.4 is 15.2 Å². The lowest BCUT2D eigenvalue weighted by Gasteiger charge is -2.31. The van der Waals surface area contributed by atoms with Gasteiger partial charge in [0.25, 0.3) is 0 Å². The van der Waals surface area contributed by atoms with Crippen molar-refractivity contribution < 1.29 is 14.3 Å². The van der Waals surface area contributed by atoms with Gasteiger partial charge in [0.1, 0.15) is 11.5 Å². The van der Waals surface area contributed by atoms with E-state index < -0.39 is 0 Å². The maximum atomic E-state index is 13.2. The second-order valence-corrected chi connectivity index (χ2v) is 7.02. The van der Waals surface area contributed by atoms with Crippen molar-refractivity contribution in [3.8, 4) is 11.5 Å². The van der Waals surface area contributed by atoms with Crippen molar-refractivity contribution in [2.45, 2.75) is 31.8 Å². The number of nitrogens with two attached hydrogens (primary N) is 1. The number of amides is 1. The van der Waals surface area contributed by atoms with Crippen LogP contribution in [-0.2, 0) is 4.79 Å². The number of carbonyl (C=O) groups excluding carboxylic acids is 1. The normalized spacial score (nSPS) is 18.1. The first-order chi connectivity index (χ1) is 13.1. The average Bonchev–Trinajstić information content (AvgIpc) is 3.21. The van der Waals surface area contributed by atoms with E-state index in [0.717, 1.165) is 42.0 Å². The minimum absolute atomic E-state index is 0. The predicted molar refractivity (Wildman–Crippen MR) is 113 cm³/mol. The Morgan fingerprint density at radius 2 is 1.86 bits per heavy atom. The predicted octanol–water partition coefficient (Wildman–Crippen LogP) is 4.13. The summed E-state index contributed by atoms with van der Waals surface area (Å²) < 4.78 is 10.9. The fourth-order valence-electron chi connectivity index (χ4n) is 3.83. The molecule has 28 heavy (non-hydrogen) atoms. The number of benzene rings is 2. The summed E-state index contributed by atoms with van der Waals surface area (Å²) in [7, 11) is 3.28. The molecule has 1 aliphatic rings. The third-order valence-electron chi connectivity index (χ3n) is 5.45. The van der Waals surface area contributed by atoms with Crippen LogP contribution in [0.15, 0.2) is 48.5 Å². The van der Waals surface area contributed by atoms with Gasteiger partial charge in [0.15, 0.2) is 0 Å². The van der Waals surface area contributed by atoms with Gasteiger partial charge >= 0.3 is 0 Å². The molecule has 1 aliphatic heterocycles. The maximum absolute atomic E-state index is 13.2. The molecule has 0 aromatic heterocycles. The van der Waals surface area contributed by atoms with Gasteiger partial charge in [0, 0.05) is 24.2 Å². The molecule has 1 fully saturated rings. The van der Waals surface area contributed by atoms with Crippen LogP contribution in [0.4, 0.5) is 0 Å². The van der Waals surface area contributed by atoms with E-state index in [1.807, 2.05) is 60.4 Å². The Hall–Kier alpha value is -2.24. The van der Waals surface area contributed by atoms with Gasteiger partial charge in [-0.3, -0.25) is 4.79 Å². The molecule has 0 aliphatic carbocycles. The minimum atomic E-state index is -0.322. The highest BCUT2D eigenvalue weighted by Gasteiger charge is 2.36. The van der Waals surface area contributed by atoms with Crippen molar-refractivity contribution in [2.75, 3.05) is 20.8 Å². The second kappa shape index (κ2) is 9.80. The lowest BCUT2D eigenvalue weighted by atomic mass is 9.93. The molecule has 1 heterocycles. The molecule has 3 rings (SSSR count). The van der Waals surface area contributed by atoms with Gasteiger partial charge in [0.05, 0.1) is 26.2 Å². The average molecular weight is 405 g/mol. The molecule has 3 atom stereocenters. The van der Waals surface area contributed by atoms with E-state index in [9.17, 15) is 4.79 Å². The van der Waals surface area contributed by atoms with Crippen molar-refractivity contribution in [2.24, 2.45) is 11.7 Å². The summed E-state index contributed by atoms with van der Waals surface area (Å²) in [5.41, 5.74) is 8.40. The molecule has 0 radical (unpaired) electrons. The van der Waals surface area contributed by atoms with E-state index in [0.29, 0.717) is 0 Å². The van der Waals surface area contributed by atoms with Crippen LogP contribution in [0.3, 0.4) is 0 Å². The summed E-state index contributed by atoms with van der Waals surface area (Å²) in [4.78, 5) is 15.2. The van der Waals surface area contributed by atoms with Crippen molar-refractivity contribution >= 4 is 18.3 Å². The Balaban J connectivity index is 0.00000280. The first-order valence-corrected chi connectivity index (χ1v) is 9.39. The van der Waals surface area contributed by atoms with E-state index in [2.05, 4.69) is 0 Å². The largest absolute Gasteiger partial charge is 0.497 e. The summed E-state index contributed by atoms with van der Waals surface area (Å²) in [5.74, 6) is 1.29. The molecule has 6 heteroatoms. The minimum Gasteiger partial charge on any atom is -0.497 e. The highest BCUT2D eigenvalue weighted by molar-refractivity contribution is 5.85. The third kappa shape index (κ3) is 4.42. The van der Waals surface area contributed by atoms with Crippen LogP contribution >= 0.6 is 12.4 Å². The van der Waals surface area contributed by atoms with Crippen LogP contribution in [0, 0.1) is 5.92 Å². The number of methoxy groups -OCH3 is 2. The van der Waals surface area contributed by atoms with Crippen LogP contribution in [0.2, 0.25) is 0 Å². The Morgan fingerprint density at radius 1 is 1.14 bits per heavy atom. The van der Waals surface area contributed by atoms with Crippen LogP contribution in [0.1, 0.15) is 43.0 Å². The molecule has 1 saturated heterocycles. The summed E-state index contributed by atoms with van der Waals surface area (Å²) in [5, 5.41) is 0. The van der Waals surface area contributed by atoms with Crippen LogP contribution in [0.25, 0.3) is 0 Å². The number of nitrogens with zero attached hydrogens (tertiary/aromatic N) is 1. The summed E-state index contributed by atoms with van der Waals surface area (Å²) >= 11 is 0. The van der Waals surface area contributed by atoms with Gasteiger partial charge < -0.3 is 20.1 Å². The van der Waals surface area contributed by atoms with E-state index in [4.69, 9.17) is 15.2 Å². The fraction of sp³-hybridized carbons (Fsp3) is 0.409. The van der Waals surface area contributed by atoms with Crippen molar-refractivity contribution in [1.82, 2.24) is 4.90 Å². The maximum Gasteiger partial charge on any atom is 0.227 e. The highest BCUT2D eigenvalue weighted by atomic mass is 35.5. The van der Waals surface area contributed by atoms with Gasteiger partial charge in [-0.25, -0.2) is 0 Å². The Labute approximate surface area is 173 Å². The van der Waals surface area contributed by atoms with Gasteiger partial charge in [-0.15, -0.1) is 12.4 Å². The zero-order chi connectivity index (χ0) is 19.4. The molecule has 2 aromatic carbocycles. The monoisotopic (exact) mass is 404 g/mol. The number of hydrogen-bond acceptors (Lipinski definition) is 4. The second-order valence-electron chi connectivity index (χ2n) is 7.02. The van der Waals surface area contributed by atoms with Crippen molar-refractivity contribution in [3.05, 3.63) is 59.7 Å². The van der Waals surface area contributed by atoms with Crippen molar-refractivity contribution in [3.63, 3.8) is 0 Å². The summed E-state index contributed by atoms with van der Waals surface area (Å²) in [6.45, 7) is 2.66. The van der Waals surface area contributed by atoms with E-state index >= 15 is 0 Å². The molecule has 0 saturated carbocycles. The zero-order valence-electron chi connectivity index (χ0n) is 16.6. The van der Waals surface area contributed by atoms with Gasteiger partial charge in [-0.1, -0.05) is 37.3 Å². The topological polar surface area (TPSA) is 64.8 Å². The van der Waals surface area contributed by atoms with Gasteiger partial charge in [-0.2, -0.15) is 0 Å². The number of rotatable bonds is 6. The molecule has 2 N–H and O–H groups in total. The SMILES string of the molecule is COc1ccc(C2CCCN2C(=O)C(C)C(N)c2ccccc2)c(OC)c1.Cl. The number of hydrogen-bond donors (Lipinski definition) is 1. The molecule has 0 spiro atoms. The Morgan fingerprint density at radius 3 is 2.50 bits per heavy atom. The van der Waals surface area contributed by atoms with Crippen LogP contribution in [0.5, 0.6) is 11.5 Å². The van der Waals surface area contributed by atoms with Crippen LogP contribution in [-0.4, -0.2) is 31.6 Å². The fourth-order valence-corrected chi connectivity index (χ4v) is 3.83. The van der Waals surface area contributed by atoms with Crippen molar-refractivity contribution in [1.29, 1.82) is 0 Å².